The van der Waals surface area contributed by atoms with E-state index in [1.807, 2.05) is 0 Å². The minimum absolute atomic E-state index is 0.148. The molecule has 1 aromatic rings. The fourth-order valence-corrected chi connectivity index (χ4v) is 2.26. The van der Waals surface area contributed by atoms with Gasteiger partial charge in [0.15, 0.2) is 5.15 Å². The summed E-state index contributed by atoms with van der Waals surface area (Å²) in [6.07, 6.45) is 5.52. The van der Waals surface area contributed by atoms with Crippen LogP contribution in [0.5, 0.6) is 0 Å². The van der Waals surface area contributed by atoms with E-state index in [2.05, 4.69) is 10.3 Å². The number of hydrogen-bond acceptors (Lipinski definition) is 3. The lowest BCUT2D eigenvalue weighted by Crippen LogP contribution is -2.14. The number of aromatic carboxylic acids is 1. The van der Waals surface area contributed by atoms with Gasteiger partial charge in [0.2, 0.25) is 5.69 Å². The molecule has 6 heteroatoms. The number of carbonyl (C=O) groups is 1. The number of carboxylic acid groups (broad SMARTS) is 1. The van der Waals surface area contributed by atoms with E-state index in [1.54, 1.807) is 4.68 Å². The number of rotatable bonds is 2. The van der Waals surface area contributed by atoms with Gasteiger partial charge in [-0.2, -0.15) is 0 Å². The summed E-state index contributed by atoms with van der Waals surface area (Å²) in [7, 11) is 0. The lowest BCUT2D eigenvalue weighted by atomic mass is 9.96. The van der Waals surface area contributed by atoms with Crippen LogP contribution >= 0.6 is 11.6 Å². The predicted octanol–water partition coefficient (Wildman–Crippen LogP) is 2.13. The molecule has 1 saturated carbocycles. The molecule has 1 N–H and O–H groups in total. The Morgan fingerprint density at radius 1 is 1.40 bits per heavy atom. The first kappa shape index (κ1) is 10.4. The third-order valence-electron chi connectivity index (χ3n) is 2.76. The first-order valence-corrected chi connectivity index (χ1v) is 5.42. The first-order valence-electron chi connectivity index (χ1n) is 5.04. The van der Waals surface area contributed by atoms with Gasteiger partial charge in [0.1, 0.15) is 0 Å². The van der Waals surface area contributed by atoms with Gasteiger partial charge in [0.25, 0.3) is 0 Å². The van der Waals surface area contributed by atoms with Gasteiger partial charge in [-0.25, -0.2) is 9.48 Å². The van der Waals surface area contributed by atoms with Crippen molar-refractivity contribution in [3.05, 3.63) is 10.8 Å². The Labute approximate surface area is 92.0 Å². The van der Waals surface area contributed by atoms with E-state index >= 15 is 0 Å². The fourth-order valence-electron chi connectivity index (χ4n) is 1.97. The average Bonchev–Trinajstić information content (AvgIpc) is 2.61. The maximum Gasteiger partial charge on any atom is 0.359 e. The Hall–Kier alpha value is -1.10. The number of nitrogens with zero attached hydrogens (tertiary/aromatic N) is 3. The molecule has 1 aliphatic rings. The Morgan fingerprint density at radius 3 is 2.60 bits per heavy atom. The van der Waals surface area contributed by atoms with E-state index in [0.29, 0.717) is 0 Å². The van der Waals surface area contributed by atoms with Crippen molar-refractivity contribution in [2.24, 2.45) is 0 Å². The number of aromatic nitrogens is 3. The predicted molar refractivity (Wildman–Crippen MR) is 54.1 cm³/mol. The lowest BCUT2D eigenvalue weighted by Gasteiger charge is -2.21. The van der Waals surface area contributed by atoms with E-state index in [0.717, 1.165) is 25.7 Å². The smallest absolute Gasteiger partial charge is 0.359 e. The second-order valence-electron chi connectivity index (χ2n) is 3.77. The summed E-state index contributed by atoms with van der Waals surface area (Å²) >= 11 is 5.91. The van der Waals surface area contributed by atoms with Crippen molar-refractivity contribution in [3.63, 3.8) is 0 Å². The highest BCUT2D eigenvalue weighted by molar-refractivity contribution is 6.32. The molecule has 0 bridgehead atoms. The standard InChI is InChI=1S/C9H12ClN3O2/c10-8-7(9(14)15)11-12-13(8)6-4-2-1-3-5-6/h6H,1-5H2,(H,14,15). The van der Waals surface area contributed by atoms with E-state index < -0.39 is 5.97 Å². The maximum absolute atomic E-state index is 10.7. The van der Waals surface area contributed by atoms with Gasteiger partial charge in [-0.05, 0) is 12.8 Å². The third-order valence-corrected chi connectivity index (χ3v) is 3.11. The van der Waals surface area contributed by atoms with Crippen LogP contribution in [0.4, 0.5) is 0 Å². The summed E-state index contributed by atoms with van der Waals surface area (Å²) in [5, 5.41) is 16.3. The zero-order valence-corrected chi connectivity index (χ0v) is 8.94. The molecule has 1 heterocycles. The molecule has 0 aromatic carbocycles. The Morgan fingerprint density at radius 2 is 2.07 bits per heavy atom. The van der Waals surface area contributed by atoms with Crippen LogP contribution in [-0.2, 0) is 0 Å². The number of hydrogen-bond donors (Lipinski definition) is 1. The molecule has 0 radical (unpaired) electrons. The maximum atomic E-state index is 10.7. The van der Waals surface area contributed by atoms with Crippen LogP contribution in [-0.4, -0.2) is 26.1 Å². The fraction of sp³-hybridized carbons (Fsp3) is 0.667. The molecule has 0 unspecified atom stereocenters. The van der Waals surface area contributed by atoms with Gasteiger partial charge in [0, 0.05) is 0 Å². The summed E-state index contributed by atoms with van der Waals surface area (Å²) in [5.41, 5.74) is -0.151. The molecule has 5 nitrogen and oxygen atoms in total. The van der Waals surface area contributed by atoms with Crippen molar-refractivity contribution in [1.29, 1.82) is 0 Å². The first-order chi connectivity index (χ1) is 7.20. The number of carboxylic acids is 1. The van der Waals surface area contributed by atoms with Crippen molar-refractivity contribution >= 4 is 17.6 Å². The van der Waals surface area contributed by atoms with Crippen LogP contribution in [0.2, 0.25) is 5.15 Å². The second kappa shape index (κ2) is 4.18. The van der Waals surface area contributed by atoms with Gasteiger partial charge in [-0.15, -0.1) is 5.10 Å². The number of halogens is 1. The van der Waals surface area contributed by atoms with Crippen LogP contribution in [0.1, 0.15) is 48.6 Å². The molecule has 15 heavy (non-hydrogen) atoms. The van der Waals surface area contributed by atoms with Crippen molar-refractivity contribution in [2.45, 2.75) is 38.1 Å². The topological polar surface area (TPSA) is 68.0 Å². The molecule has 1 fully saturated rings. The van der Waals surface area contributed by atoms with E-state index in [1.165, 1.54) is 6.42 Å². The summed E-state index contributed by atoms with van der Waals surface area (Å²) in [5.74, 6) is -1.12. The molecular formula is C9H12ClN3O2. The summed E-state index contributed by atoms with van der Waals surface area (Å²) in [6, 6.07) is 0.215. The zero-order valence-electron chi connectivity index (χ0n) is 8.19. The molecule has 2 rings (SSSR count). The molecule has 0 saturated heterocycles. The average molecular weight is 230 g/mol. The molecule has 82 valence electrons. The van der Waals surface area contributed by atoms with Crippen molar-refractivity contribution in [3.8, 4) is 0 Å². The molecule has 0 spiro atoms. The summed E-state index contributed by atoms with van der Waals surface area (Å²) in [4.78, 5) is 10.7. The van der Waals surface area contributed by atoms with Gasteiger partial charge in [-0.3, -0.25) is 0 Å². The zero-order chi connectivity index (χ0) is 10.8. The van der Waals surface area contributed by atoms with Gasteiger partial charge in [0.05, 0.1) is 6.04 Å². The third kappa shape index (κ3) is 1.97. The van der Waals surface area contributed by atoms with Crippen LogP contribution in [0.3, 0.4) is 0 Å². The van der Waals surface area contributed by atoms with E-state index in [4.69, 9.17) is 16.7 Å². The highest BCUT2D eigenvalue weighted by Crippen LogP contribution is 2.30. The Kier molecular flexibility index (Phi) is 2.90. The second-order valence-corrected chi connectivity index (χ2v) is 4.13. The normalized spacial score (nSPS) is 17.9. The SMILES string of the molecule is O=C(O)c1nnn(C2CCCCC2)c1Cl. The highest BCUT2D eigenvalue weighted by Gasteiger charge is 2.23. The molecule has 1 aromatic heterocycles. The lowest BCUT2D eigenvalue weighted by molar-refractivity contribution is 0.0690. The highest BCUT2D eigenvalue weighted by atomic mass is 35.5. The van der Waals surface area contributed by atoms with Crippen LogP contribution in [0, 0.1) is 0 Å². The summed E-state index contributed by atoms with van der Waals surface area (Å²) in [6.45, 7) is 0. The molecule has 0 atom stereocenters. The van der Waals surface area contributed by atoms with E-state index in [9.17, 15) is 4.79 Å². The van der Waals surface area contributed by atoms with Crippen LogP contribution in [0.15, 0.2) is 0 Å². The van der Waals surface area contributed by atoms with Gasteiger partial charge >= 0.3 is 5.97 Å². The molecular weight excluding hydrogens is 218 g/mol. The molecule has 0 aliphatic heterocycles. The van der Waals surface area contributed by atoms with Crippen LogP contribution in [0.25, 0.3) is 0 Å². The van der Waals surface area contributed by atoms with E-state index in [-0.39, 0.29) is 16.9 Å². The molecule has 0 amide bonds. The van der Waals surface area contributed by atoms with Crippen molar-refractivity contribution in [1.82, 2.24) is 15.0 Å². The van der Waals surface area contributed by atoms with Gasteiger partial charge < -0.3 is 5.11 Å². The minimum atomic E-state index is -1.12. The van der Waals surface area contributed by atoms with Gasteiger partial charge in [-0.1, -0.05) is 36.1 Å². The largest absolute Gasteiger partial charge is 0.476 e. The van der Waals surface area contributed by atoms with Crippen LogP contribution < -0.4 is 0 Å². The Bertz CT molecular complexity index is 371. The summed E-state index contributed by atoms with van der Waals surface area (Å²) < 4.78 is 1.55. The quantitative estimate of drug-likeness (QED) is 0.844. The minimum Gasteiger partial charge on any atom is -0.476 e. The monoisotopic (exact) mass is 229 g/mol. The molecule has 1 aliphatic carbocycles. The Balaban J connectivity index is 2.24. The van der Waals surface area contributed by atoms with Crippen molar-refractivity contribution in [2.75, 3.05) is 0 Å². The van der Waals surface area contributed by atoms with Crippen molar-refractivity contribution < 1.29 is 9.90 Å².